The highest BCUT2D eigenvalue weighted by molar-refractivity contribution is 9.10. The quantitative estimate of drug-likeness (QED) is 0.847. The van der Waals surface area contributed by atoms with Crippen LogP contribution in [0, 0.1) is 5.82 Å². The zero-order valence-electron chi connectivity index (χ0n) is 11.5. The summed E-state index contributed by atoms with van der Waals surface area (Å²) in [5.74, 6) is -0.867. The fourth-order valence-electron chi connectivity index (χ4n) is 1.91. The van der Waals surface area contributed by atoms with E-state index in [1.165, 1.54) is 6.07 Å². The summed E-state index contributed by atoms with van der Waals surface area (Å²) in [6.45, 7) is 7.84. The molecule has 0 radical (unpaired) electrons. The van der Waals surface area contributed by atoms with Gasteiger partial charge in [-0.1, -0.05) is 6.07 Å². The first-order valence-electron chi connectivity index (χ1n) is 6.20. The Bertz CT molecular complexity index is 480. The van der Waals surface area contributed by atoms with Gasteiger partial charge in [0.05, 0.1) is 21.6 Å². The molecule has 2 rings (SSSR count). The van der Waals surface area contributed by atoms with E-state index in [1.54, 1.807) is 12.1 Å². The highest BCUT2D eigenvalue weighted by Crippen LogP contribution is 2.39. The van der Waals surface area contributed by atoms with E-state index in [9.17, 15) is 4.39 Å². The summed E-state index contributed by atoms with van der Waals surface area (Å²) < 4.78 is 25.7. The molecule has 1 heterocycles. The van der Waals surface area contributed by atoms with Crippen LogP contribution < -0.4 is 5.73 Å². The molecule has 3 nitrogen and oxygen atoms in total. The van der Waals surface area contributed by atoms with Crippen LogP contribution in [0.2, 0.25) is 0 Å². The minimum atomic E-state index is -0.578. The van der Waals surface area contributed by atoms with Crippen LogP contribution in [0.25, 0.3) is 0 Å². The Morgan fingerprint density at radius 3 is 2.21 bits per heavy atom. The van der Waals surface area contributed by atoms with Crippen LogP contribution in [-0.4, -0.2) is 18.3 Å². The first kappa shape index (κ1) is 15.0. The fourth-order valence-corrected chi connectivity index (χ4v) is 2.16. The van der Waals surface area contributed by atoms with Gasteiger partial charge >= 0.3 is 7.12 Å². The van der Waals surface area contributed by atoms with Crippen molar-refractivity contribution >= 4 is 23.0 Å². The van der Waals surface area contributed by atoms with Crippen molar-refractivity contribution in [1.29, 1.82) is 0 Å². The summed E-state index contributed by atoms with van der Waals surface area (Å²) in [6.07, 6.45) is 0. The molecule has 1 saturated heterocycles. The fraction of sp³-hybridized carbons (Fsp3) is 0.538. The lowest BCUT2D eigenvalue weighted by Gasteiger charge is -2.32. The van der Waals surface area contributed by atoms with Crippen molar-refractivity contribution in [3.63, 3.8) is 0 Å². The van der Waals surface area contributed by atoms with Crippen LogP contribution >= 0.6 is 15.9 Å². The molecular weight excluding hydrogens is 312 g/mol. The molecule has 0 amide bonds. The van der Waals surface area contributed by atoms with Crippen molar-refractivity contribution in [2.75, 3.05) is 0 Å². The number of hydrogen-bond donors (Lipinski definition) is 1. The minimum absolute atomic E-state index is 0.343. The zero-order chi connectivity index (χ0) is 14.4. The molecule has 1 fully saturated rings. The maximum atomic E-state index is 13.5. The van der Waals surface area contributed by atoms with E-state index in [2.05, 4.69) is 15.9 Å². The second-order valence-electron chi connectivity index (χ2n) is 5.82. The van der Waals surface area contributed by atoms with E-state index >= 15 is 0 Å². The highest BCUT2D eigenvalue weighted by Gasteiger charge is 2.53. The third kappa shape index (κ3) is 2.72. The summed E-state index contributed by atoms with van der Waals surface area (Å²) in [5.41, 5.74) is 5.90. The van der Waals surface area contributed by atoms with Gasteiger partial charge in [0.15, 0.2) is 0 Å². The third-order valence-electron chi connectivity index (χ3n) is 3.89. The van der Waals surface area contributed by atoms with E-state index in [1.807, 2.05) is 27.7 Å². The molecule has 0 aromatic heterocycles. The molecule has 1 aromatic rings. The van der Waals surface area contributed by atoms with Gasteiger partial charge in [0.1, 0.15) is 5.82 Å². The molecule has 0 bridgehead atoms. The molecule has 104 valence electrons. The highest BCUT2D eigenvalue weighted by atomic mass is 79.9. The average Bonchev–Trinajstić information content (AvgIpc) is 2.51. The summed E-state index contributed by atoms with van der Waals surface area (Å²) in [4.78, 5) is 0. The monoisotopic (exact) mass is 329 g/mol. The second kappa shape index (κ2) is 4.84. The van der Waals surface area contributed by atoms with E-state index in [0.29, 0.717) is 10.0 Å². The Balaban J connectivity index is 2.22. The first-order chi connectivity index (χ1) is 8.64. The van der Waals surface area contributed by atoms with E-state index in [-0.39, 0.29) is 5.82 Å². The molecule has 1 aliphatic heterocycles. The summed E-state index contributed by atoms with van der Waals surface area (Å²) in [6, 6.07) is 4.80. The third-order valence-corrected chi connectivity index (χ3v) is 4.54. The lowest BCUT2D eigenvalue weighted by molar-refractivity contribution is 0.00578. The van der Waals surface area contributed by atoms with Gasteiger partial charge in [0, 0.05) is 0 Å². The van der Waals surface area contributed by atoms with Crippen LogP contribution in [0.4, 0.5) is 4.39 Å². The molecule has 19 heavy (non-hydrogen) atoms. The number of rotatable bonds is 2. The van der Waals surface area contributed by atoms with Gasteiger partial charge in [-0.2, -0.15) is 0 Å². The SMILES string of the molecule is CC1(C)OB([C@H](N)c2ccc(Br)c(F)c2)OC1(C)C. The van der Waals surface area contributed by atoms with Crippen molar-refractivity contribution in [3.8, 4) is 0 Å². The van der Waals surface area contributed by atoms with Crippen molar-refractivity contribution in [1.82, 2.24) is 0 Å². The molecule has 0 aliphatic carbocycles. The Kier molecular flexibility index (Phi) is 3.82. The van der Waals surface area contributed by atoms with E-state index < -0.39 is 24.3 Å². The Morgan fingerprint density at radius 1 is 1.21 bits per heavy atom. The van der Waals surface area contributed by atoms with Crippen LogP contribution in [0.15, 0.2) is 22.7 Å². The van der Waals surface area contributed by atoms with Crippen LogP contribution in [0.5, 0.6) is 0 Å². The van der Waals surface area contributed by atoms with E-state index in [4.69, 9.17) is 15.0 Å². The van der Waals surface area contributed by atoms with Crippen molar-refractivity contribution in [2.45, 2.75) is 44.8 Å². The Labute approximate surface area is 121 Å². The predicted octanol–water partition coefficient (Wildman–Crippen LogP) is 3.22. The molecule has 0 saturated carbocycles. The summed E-state index contributed by atoms with van der Waals surface area (Å²) in [5, 5.41) is 0. The van der Waals surface area contributed by atoms with Gasteiger partial charge in [0.2, 0.25) is 0 Å². The van der Waals surface area contributed by atoms with Crippen molar-refractivity contribution in [3.05, 3.63) is 34.1 Å². The Hall–Kier alpha value is -0.425. The van der Waals surface area contributed by atoms with Crippen molar-refractivity contribution < 1.29 is 13.7 Å². The van der Waals surface area contributed by atoms with Gasteiger partial charge in [0.25, 0.3) is 0 Å². The predicted molar refractivity (Wildman–Crippen MR) is 77.1 cm³/mol. The maximum Gasteiger partial charge on any atom is 0.480 e. The Morgan fingerprint density at radius 2 is 1.74 bits per heavy atom. The smallest absolute Gasteiger partial charge is 0.402 e. The number of hydrogen-bond acceptors (Lipinski definition) is 3. The topological polar surface area (TPSA) is 44.5 Å². The largest absolute Gasteiger partial charge is 0.480 e. The molecule has 1 aliphatic rings. The molecule has 1 aromatic carbocycles. The molecule has 0 unspecified atom stereocenters. The van der Waals surface area contributed by atoms with Gasteiger partial charge in [-0.25, -0.2) is 4.39 Å². The zero-order valence-corrected chi connectivity index (χ0v) is 13.1. The van der Waals surface area contributed by atoms with Crippen LogP contribution in [-0.2, 0) is 9.31 Å². The summed E-state index contributed by atoms with van der Waals surface area (Å²) in [7, 11) is -0.578. The normalized spacial score (nSPS) is 22.6. The average molecular weight is 330 g/mol. The minimum Gasteiger partial charge on any atom is -0.402 e. The lowest BCUT2D eigenvalue weighted by atomic mass is 9.75. The van der Waals surface area contributed by atoms with Crippen molar-refractivity contribution in [2.24, 2.45) is 5.73 Å². The van der Waals surface area contributed by atoms with Gasteiger partial charge in [-0.05, 0) is 61.3 Å². The number of halogens is 2. The maximum absolute atomic E-state index is 13.5. The molecule has 2 N–H and O–H groups in total. The van der Waals surface area contributed by atoms with Crippen LogP contribution in [0.3, 0.4) is 0 Å². The van der Waals surface area contributed by atoms with Gasteiger partial charge < -0.3 is 15.0 Å². The molecule has 1 atom stereocenters. The molecular formula is C13H18BBrFNO2. The first-order valence-corrected chi connectivity index (χ1v) is 6.99. The number of benzene rings is 1. The molecule has 6 heteroatoms. The lowest BCUT2D eigenvalue weighted by Crippen LogP contribution is -2.41. The number of nitrogens with two attached hydrogens (primary N) is 1. The standard InChI is InChI=1S/C13H18BBrFNO2/c1-12(2)13(3,4)19-14(18-12)11(17)8-5-6-9(15)10(16)7-8/h5-7,11H,17H2,1-4H3/t11-/m1/s1. The van der Waals surface area contributed by atoms with Gasteiger partial charge in [-0.15, -0.1) is 0 Å². The summed E-state index contributed by atoms with van der Waals surface area (Å²) >= 11 is 3.12. The van der Waals surface area contributed by atoms with Gasteiger partial charge in [-0.3, -0.25) is 0 Å². The second-order valence-corrected chi connectivity index (χ2v) is 6.68. The van der Waals surface area contributed by atoms with E-state index in [0.717, 1.165) is 0 Å². The molecule has 0 spiro atoms. The van der Waals surface area contributed by atoms with Crippen LogP contribution in [0.1, 0.15) is 39.2 Å².